The van der Waals surface area contributed by atoms with E-state index in [1.54, 1.807) is 0 Å². The Morgan fingerprint density at radius 2 is 2.27 bits per heavy atom. The number of carbonyl (C=O) groups excluding carboxylic acids is 1. The Morgan fingerprint density at radius 1 is 1.67 bits per heavy atom. The molecule has 1 aromatic carbocycles. The molecule has 82 valence electrons. The van der Waals surface area contributed by atoms with Crippen molar-refractivity contribution in [3.63, 3.8) is 0 Å². The number of aliphatic hydroxyl groups excluding tert-OH is 1. The van der Waals surface area contributed by atoms with Gasteiger partial charge in [0.05, 0.1) is 16.6 Å². The molecule has 0 bridgehead atoms. The molecule has 0 aliphatic heterocycles. The summed E-state index contributed by atoms with van der Waals surface area (Å²) in [7, 11) is 1.14. The molecule has 0 spiro atoms. The van der Waals surface area contributed by atoms with Crippen LogP contribution in [0, 0.1) is 5.82 Å². The molecule has 1 rings (SSSR count). The van der Waals surface area contributed by atoms with E-state index in [9.17, 15) is 14.3 Å². The lowest BCUT2D eigenvalue weighted by atomic mass is 10.1. The first kappa shape index (κ1) is 12.4. The number of rotatable bonds is 2. The molecule has 0 heterocycles. The molecule has 0 radical (unpaired) electrons. The first-order chi connectivity index (χ1) is 6.97. The minimum absolute atomic E-state index is 0.0768. The Morgan fingerprint density at radius 3 is 2.73 bits per heavy atom. The standard InChI is InChI=1S/C9H7BrClFO3/c1-15-9(14)8(13)4-2-5(10)7(12)6(11)3-4/h2-3,8,13H,1H3. The van der Waals surface area contributed by atoms with Gasteiger partial charge in [-0.25, -0.2) is 9.18 Å². The molecule has 0 saturated carbocycles. The van der Waals surface area contributed by atoms with Crippen LogP contribution in [0.1, 0.15) is 11.7 Å². The maximum absolute atomic E-state index is 13.1. The van der Waals surface area contributed by atoms with Crippen molar-refractivity contribution in [1.82, 2.24) is 0 Å². The Kier molecular flexibility index (Phi) is 4.07. The molecular weight excluding hydrogens is 290 g/mol. The lowest BCUT2D eigenvalue weighted by Gasteiger charge is -2.09. The van der Waals surface area contributed by atoms with Gasteiger partial charge in [-0.1, -0.05) is 11.6 Å². The highest BCUT2D eigenvalue weighted by molar-refractivity contribution is 9.10. The van der Waals surface area contributed by atoms with Crippen molar-refractivity contribution < 1.29 is 19.0 Å². The van der Waals surface area contributed by atoms with E-state index in [1.807, 2.05) is 0 Å². The highest BCUT2D eigenvalue weighted by atomic mass is 79.9. The third-order valence-electron chi connectivity index (χ3n) is 1.75. The number of halogens is 3. The first-order valence-electron chi connectivity index (χ1n) is 3.87. The van der Waals surface area contributed by atoms with Crippen LogP contribution in [0.15, 0.2) is 16.6 Å². The zero-order valence-corrected chi connectivity index (χ0v) is 9.97. The van der Waals surface area contributed by atoms with Gasteiger partial charge in [-0.05, 0) is 33.6 Å². The highest BCUT2D eigenvalue weighted by Crippen LogP contribution is 2.28. The van der Waals surface area contributed by atoms with E-state index in [2.05, 4.69) is 20.7 Å². The number of hydrogen-bond donors (Lipinski definition) is 1. The highest BCUT2D eigenvalue weighted by Gasteiger charge is 2.20. The van der Waals surface area contributed by atoms with Crippen LogP contribution in [0.2, 0.25) is 5.02 Å². The van der Waals surface area contributed by atoms with Gasteiger partial charge in [0.2, 0.25) is 0 Å². The zero-order valence-electron chi connectivity index (χ0n) is 7.63. The molecule has 0 aromatic heterocycles. The summed E-state index contributed by atoms with van der Waals surface area (Å²) in [5.74, 6) is -1.47. The van der Waals surface area contributed by atoms with Gasteiger partial charge in [-0.15, -0.1) is 0 Å². The lowest BCUT2D eigenvalue weighted by Crippen LogP contribution is -2.13. The SMILES string of the molecule is COC(=O)C(O)c1cc(Cl)c(F)c(Br)c1. The van der Waals surface area contributed by atoms with Gasteiger partial charge >= 0.3 is 5.97 Å². The fourth-order valence-corrected chi connectivity index (χ4v) is 1.80. The van der Waals surface area contributed by atoms with E-state index in [0.717, 1.165) is 7.11 Å². The summed E-state index contributed by atoms with van der Waals surface area (Å²) >= 11 is 8.46. The van der Waals surface area contributed by atoms with E-state index in [-0.39, 0.29) is 15.1 Å². The van der Waals surface area contributed by atoms with Gasteiger partial charge < -0.3 is 9.84 Å². The van der Waals surface area contributed by atoms with Crippen LogP contribution in [0.5, 0.6) is 0 Å². The van der Waals surface area contributed by atoms with Gasteiger partial charge in [0, 0.05) is 0 Å². The molecule has 1 unspecified atom stereocenters. The Hall–Kier alpha value is -0.650. The predicted molar refractivity (Wildman–Crippen MR) is 56.1 cm³/mol. The molecule has 0 aliphatic carbocycles. The molecular formula is C9H7BrClFO3. The monoisotopic (exact) mass is 296 g/mol. The molecule has 0 amide bonds. The quantitative estimate of drug-likeness (QED) is 0.674. The van der Waals surface area contributed by atoms with E-state index in [0.29, 0.717) is 0 Å². The number of aliphatic hydroxyl groups is 1. The first-order valence-corrected chi connectivity index (χ1v) is 5.04. The topological polar surface area (TPSA) is 46.5 Å². The van der Waals surface area contributed by atoms with Gasteiger partial charge in [0.1, 0.15) is 0 Å². The second-order valence-corrected chi connectivity index (χ2v) is 3.99. The van der Waals surface area contributed by atoms with E-state index in [1.165, 1.54) is 12.1 Å². The van der Waals surface area contributed by atoms with Gasteiger partial charge in [-0.2, -0.15) is 0 Å². The van der Waals surface area contributed by atoms with Crippen LogP contribution >= 0.6 is 27.5 Å². The Labute approximate surface area is 98.9 Å². The summed E-state index contributed by atoms with van der Waals surface area (Å²) in [6, 6.07) is 2.44. The van der Waals surface area contributed by atoms with E-state index in [4.69, 9.17) is 11.6 Å². The summed E-state index contributed by atoms with van der Waals surface area (Å²) in [4.78, 5) is 11.0. The van der Waals surface area contributed by atoms with Crippen LogP contribution in [-0.2, 0) is 9.53 Å². The summed E-state index contributed by atoms with van der Waals surface area (Å²) < 4.78 is 17.5. The molecule has 0 aliphatic rings. The number of benzene rings is 1. The van der Waals surface area contributed by atoms with Crippen LogP contribution in [-0.4, -0.2) is 18.2 Å². The number of carbonyl (C=O) groups is 1. The molecule has 1 N–H and O–H groups in total. The number of hydrogen-bond acceptors (Lipinski definition) is 3. The number of ether oxygens (including phenoxy) is 1. The maximum atomic E-state index is 13.1. The fraction of sp³-hybridized carbons (Fsp3) is 0.222. The van der Waals surface area contributed by atoms with Crippen LogP contribution < -0.4 is 0 Å². The Bertz CT molecular complexity index is 374. The van der Waals surface area contributed by atoms with Crippen molar-refractivity contribution in [3.8, 4) is 0 Å². The lowest BCUT2D eigenvalue weighted by molar-refractivity contribution is -0.150. The van der Waals surface area contributed by atoms with Gasteiger partial charge in [0.25, 0.3) is 0 Å². The summed E-state index contributed by atoms with van der Waals surface area (Å²) in [5, 5.41) is 9.27. The summed E-state index contributed by atoms with van der Waals surface area (Å²) in [6.07, 6.45) is -1.47. The van der Waals surface area contributed by atoms with Crippen molar-refractivity contribution in [2.75, 3.05) is 7.11 Å². The van der Waals surface area contributed by atoms with Crippen LogP contribution in [0.4, 0.5) is 4.39 Å². The van der Waals surface area contributed by atoms with Crippen molar-refractivity contribution >= 4 is 33.5 Å². The number of esters is 1. The maximum Gasteiger partial charge on any atom is 0.339 e. The molecule has 1 atom stereocenters. The van der Waals surface area contributed by atoms with Crippen LogP contribution in [0.3, 0.4) is 0 Å². The van der Waals surface area contributed by atoms with Gasteiger partial charge in [0.15, 0.2) is 11.9 Å². The average molecular weight is 298 g/mol. The molecule has 1 aromatic rings. The molecule has 0 saturated heterocycles. The van der Waals surface area contributed by atoms with Gasteiger partial charge in [-0.3, -0.25) is 0 Å². The third-order valence-corrected chi connectivity index (χ3v) is 2.60. The second kappa shape index (κ2) is 4.92. The normalized spacial score (nSPS) is 12.3. The van der Waals surface area contributed by atoms with Crippen molar-refractivity contribution in [1.29, 1.82) is 0 Å². The number of methoxy groups -OCH3 is 1. The minimum Gasteiger partial charge on any atom is -0.467 e. The summed E-state index contributed by atoms with van der Waals surface area (Å²) in [5.41, 5.74) is 0.167. The zero-order chi connectivity index (χ0) is 11.6. The summed E-state index contributed by atoms with van der Waals surface area (Å²) in [6.45, 7) is 0. The predicted octanol–water partition coefficient (Wildman–Crippen LogP) is 2.45. The molecule has 6 heteroatoms. The molecule has 15 heavy (non-hydrogen) atoms. The van der Waals surface area contributed by atoms with Crippen molar-refractivity contribution in [3.05, 3.63) is 33.0 Å². The van der Waals surface area contributed by atoms with Crippen molar-refractivity contribution in [2.45, 2.75) is 6.10 Å². The third kappa shape index (κ3) is 2.68. The minimum atomic E-state index is -1.47. The molecule has 0 fully saturated rings. The fourth-order valence-electron chi connectivity index (χ4n) is 0.981. The Balaban J connectivity index is 3.11. The van der Waals surface area contributed by atoms with E-state index >= 15 is 0 Å². The second-order valence-electron chi connectivity index (χ2n) is 2.72. The molecule has 3 nitrogen and oxygen atoms in total. The van der Waals surface area contributed by atoms with Crippen molar-refractivity contribution in [2.24, 2.45) is 0 Å². The smallest absolute Gasteiger partial charge is 0.339 e. The largest absolute Gasteiger partial charge is 0.467 e. The van der Waals surface area contributed by atoms with Crippen LogP contribution in [0.25, 0.3) is 0 Å². The van der Waals surface area contributed by atoms with E-state index < -0.39 is 17.9 Å². The average Bonchev–Trinajstić information content (AvgIpc) is 2.23.